The summed E-state index contributed by atoms with van der Waals surface area (Å²) in [6, 6.07) is 115. The van der Waals surface area contributed by atoms with Gasteiger partial charge in [-0.05, 0) is 129 Å². The van der Waals surface area contributed by atoms with E-state index in [0.29, 0.717) is 11.8 Å². The predicted octanol–water partition coefficient (Wildman–Crippen LogP) is 23.6. The summed E-state index contributed by atoms with van der Waals surface area (Å²) in [5, 5.41) is 18.9. The van der Waals surface area contributed by atoms with Crippen molar-refractivity contribution in [3.63, 3.8) is 0 Å². The van der Waals surface area contributed by atoms with E-state index in [0.717, 1.165) is 110 Å². The lowest BCUT2D eigenvalue weighted by atomic mass is 9.97. The molecule has 0 radical (unpaired) electrons. The second kappa shape index (κ2) is 20.0. The van der Waals surface area contributed by atoms with Gasteiger partial charge in [-0.15, -0.1) is 0 Å². The molecule has 0 spiro atoms. The fraction of sp³-hybridized carbons (Fsp3) is 0. The van der Waals surface area contributed by atoms with Gasteiger partial charge in [-0.2, -0.15) is 0 Å². The first-order chi connectivity index (χ1) is 49.6. The summed E-state index contributed by atoms with van der Waals surface area (Å²) in [6.45, 7) is 0. The van der Waals surface area contributed by atoms with E-state index in [-0.39, 0.29) is 0 Å². The van der Waals surface area contributed by atoms with Gasteiger partial charge in [-0.25, -0.2) is 19.9 Å². The van der Waals surface area contributed by atoms with Crippen LogP contribution in [0.1, 0.15) is 0 Å². The standard InChI is InChI=1S/C92H52N8/c1-2-18-53(19-3-1)60-45-47-80-72(49-60)84-82(52-70-64-23-9-15-31-76(64)98-78-33-17-11-27-68(78)86(84)89(70)98)100(80)92-94-73-28-12-6-24-65(73)87(95-92)58-41-38-56(39-42-58)55-34-36-57(37-35-55)61-44-46-79-71(50-61)83-81(51-69-63-22-8-14-30-75(63)97-77-32-16-10-26-67(77)85(83)88(69)97)99(79)91-66-25-7-13-29-74(66)93-90(96-91)62-43-40-54-20-4-5-21-59(54)48-62/h1-52H. The Bertz CT molecular complexity index is 7440. The van der Waals surface area contributed by atoms with Crippen LogP contribution in [-0.4, -0.2) is 37.9 Å². The quantitative estimate of drug-likeness (QED) is 0.159. The summed E-state index contributed by atoms with van der Waals surface area (Å²) < 4.78 is 9.69. The summed E-state index contributed by atoms with van der Waals surface area (Å²) in [4.78, 5) is 22.1. The molecule has 15 aromatic carbocycles. The second-order valence-corrected chi connectivity index (χ2v) is 26.8. The Morgan fingerprint density at radius 1 is 0.210 bits per heavy atom. The van der Waals surface area contributed by atoms with Crippen LogP contribution in [0.3, 0.4) is 0 Å². The van der Waals surface area contributed by atoms with Crippen molar-refractivity contribution in [1.29, 1.82) is 0 Å². The number of hydrogen-bond acceptors (Lipinski definition) is 4. The molecule has 0 aliphatic rings. The fourth-order valence-corrected chi connectivity index (χ4v) is 17.2. The van der Waals surface area contributed by atoms with Crippen LogP contribution in [-0.2, 0) is 0 Å². The lowest BCUT2D eigenvalue weighted by Crippen LogP contribution is -2.03. The van der Waals surface area contributed by atoms with Gasteiger partial charge in [0.15, 0.2) is 5.82 Å². The Morgan fingerprint density at radius 3 is 1.24 bits per heavy atom. The molecule has 8 aromatic heterocycles. The minimum absolute atomic E-state index is 0.629. The van der Waals surface area contributed by atoms with Crippen molar-refractivity contribution in [3.8, 4) is 67.8 Å². The largest absolute Gasteiger partial charge is 0.308 e. The normalized spacial score (nSPS) is 12.4. The first-order valence-corrected chi connectivity index (χ1v) is 34.2. The Labute approximate surface area is 570 Å². The van der Waals surface area contributed by atoms with E-state index >= 15 is 0 Å². The van der Waals surface area contributed by atoms with Crippen molar-refractivity contribution in [2.24, 2.45) is 0 Å². The molecule has 460 valence electrons. The van der Waals surface area contributed by atoms with Crippen molar-refractivity contribution in [2.75, 3.05) is 0 Å². The van der Waals surface area contributed by atoms with Gasteiger partial charge in [-0.3, -0.25) is 9.13 Å². The Balaban J connectivity index is 0.669. The fourth-order valence-electron chi connectivity index (χ4n) is 17.2. The van der Waals surface area contributed by atoms with E-state index < -0.39 is 0 Å². The number of nitrogens with zero attached hydrogens (tertiary/aromatic N) is 8. The molecule has 23 rings (SSSR count). The van der Waals surface area contributed by atoms with Crippen LogP contribution in [0.2, 0.25) is 0 Å². The summed E-state index contributed by atoms with van der Waals surface area (Å²) in [5.41, 5.74) is 23.1. The number of aromatic nitrogens is 8. The summed E-state index contributed by atoms with van der Waals surface area (Å²) in [6.07, 6.45) is 0. The van der Waals surface area contributed by atoms with Crippen LogP contribution >= 0.6 is 0 Å². The van der Waals surface area contributed by atoms with Gasteiger partial charge in [0, 0.05) is 86.5 Å². The third-order valence-electron chi connectivity index (χ3n) is 21.6. The number of hydrogen-bond donors (Lipinski definition) is 0. The Morgan fingerprint density at radius 2 is 0.640 bits per heavy atom. The molecule has 0 fully saturated rings. The van der Waals surface area contributed by atoms with E-state index in [1.165, 1.54) is 97.9 Å². The topological polar surface area (TPSA) is 70.2 Å². The molecule has 23 aromatic rings. The Hall–Kier alpha value is -13.6. The number of fused-ring (bicyclic) bond motifs is 23. The molecule has 0 unspecified atom stereocenters. The van der Waals surface area contributed by atoms with Crippen molar-refractivity contribution in [1.82, 2.24) is 37.9 Å². The highest BCUT2D eigenvalue weighted by Gasteiger charge is 2.29. The van der Waals surface area contributed by atoms with Gasteiger partial charge in [-0.1, -0.05) is 231 Å². The molecule has 0 N–H and O–H groups in total. The summed E-state index contributed by atoms with van der Waals surface area (Å²) in [7, 11) is 0. The summed E-state index contributed by atoms with van der Waals surface area (Å²) >= 11 is 0. The SMILES string of the molecule is c1ccc(-c2ccc3c(c2)c2c4c5ccccc5n5c6ccccc6c(cc2n3-c2nc(-c3ccc(-c6ccc(-c7ccc8c(c7)c7c9c%10ccccc%10n%10c%11ccccc%11c(cc7n8-c7nc(-c8ccc%11ccccc%11c8)nc8ccccc78)c9%10)cc6)cc3)c3ccccc3n2)c45)cc1. The first kappa shape index (κ1) is 53.7. The van der Waals surface area contributed by atoms with Crippen molar-refractivity contribution >= 4 is 152 Å². The molecule has 0 bridgehead atoms. The lowest BCUT2D eigenvalue weighted by Gasteiger charge is -2.13. The van der Waals surface area contributed by atoms with Crippen LogP contribution in [0.4, 0.5) is 0 Å². The average Bonchev–Trinajstić information content (AvgIpc) is 1.52. The van der Waals surface area contributed by atoms with Crippen LogP contribution in [0, 0.1) is 0 Å². The average molecular weight is 1270 g/mol. The molecule has 0 saturated carbocycles. The van der Waals surface area contributed by atoms with Gasteiger partial charge in [0.05, 0.1) is 71.9 Å². The monoisotopic (exact) mass is 1270 g/mol. The second-order valence-electron chi connectivity index (χ2n) is 26.8. The van der Waals surface area contributed by atoms with E-state index in [9.17, 15) is 0 Å². The molecule has 0 aliphatic carbocycles. The minimum Gasteiger partial charge on any atom is -0.308 e. The van der Waals surface area contributed by atoms with Gasteiger partial charge in [0.25, 0.3) is 0 Å². The molecule has 0 amide bonds. The van der Waals surface area contributed by atoms with Crippen molar-refractivity contribution < 1.29 is 0 Å². The van der Waals surface area contributed by atoms with Crippen LogP contribution in [0.25, 0.3) is 220 Å². The zero-order chi connectivity index (χ0) is 65.0. The molecular formula is C92H52N8. The van der Waals surface area contributed by atoms with Crippen molar-refractivity contribution in [3.05, 3.63) is 315 Å². The smallest absolute Gasteiger partial charge is 0.235 e. The predicted molar refractivity (Wildman–Crippen MR) is 415 cm³/mol. The van der Waals surface area contributed by atoms with E-state index in [1.54, 1.807) is 0 Å². The number of benzene rings is 15. The third-order valence-corrected chi connectivity index (χ3v) is 21.6. The molecule has 8 heteroatoms. The summed E-state index contributed by atoms with van der Waals surface area (Å²) in [5.74, 6) is 2.16. The molecule has 8 heterocycles. The Kier molecular flexibility index (Phi) is 10.7. The third kappa shape index (κ3) is 7.37. The van der Waals surface area contributed by atoms with E-state index in [2.05, 4.69) is 333 Å². The van der Waals surface area contributed by atoms with Crippen molar-refractivity contribution in [2.45, 2.75) is 0 Å². The molecule has 0 saturated heterocycles. The number of rotatable bonds is 7. The molecule has 100 heavy (non-hydrogen) atoms. The highest BCUT2D eigenvalue weighted by atomic mass is 15.2. The van der Waals surface area contributed by atoms with E-state index in [4.69, 9.17) is 19.9 Å². The lowest BCUT2D eigenvalue weighted by molar-refractivity contribution is 1.01. The molecule has 0 atom stereocenters. The van der Waals surface area contributed by atoms with Gasteiger partial charge in [0.1, 0.15) is 5.82 Å². The first-order valence-electron chi connectivity index (χ1n) is 34.2. The maximum atomic E-state index is 5.67. The zero-order valence-corrected chi connectivity index (χ0v) is 53.6. The molecule has 0 aliphatic heterocycles. The van der Waals surface area contributed by atoms with Crippen LogP contribution in [0.15, 0.2) is 315 Å². The molecular weight excluding hydrogens is 1220 g/mol. The van der Waals surface area contributed by atoms with E-state index in [1.807, 2.05) is 0 Å². The maximum absolute atomic E-state index is 5.67. The van der Waals surface area contributed by atoms with Crippen LogP contribution < -0.4 is 0 Å². The zero-order valence-electron chi connectivity index (χ0n) is 53.6. The van der Waals surface area contributed by atoms with Crippen LogP contribution in [0.5, 0.6) is 0 Å². The number of para-hydroxylation sites is 6. The maximum Gasteiger partial charge on any atom is 0.235 e. The van der Waals surface area contributed by atoms with Gasteiger partial charge < -0.3 is 8.80 Å². The molecule has 8 nitrogen and oxygen atoms in total. The van der Waals surface area contributed by atoms with Gasteiger partial charge >= 0.3 is 0 Å². The highest BCUT2D eigenvalue weighted by molar-refractivity contribution is 6.38. The highest BCUT2D eigenvalue weighted by Crippen LogP contribution is 2.50. The minimum atomic E-state index is 0.629. The van der Waals surface area contributed by atoms with Gasteiger partial charge in [0.2, 0.25) is 5.95 Å².